The normalized spacial score (nSPS) is 10.5. The summed E-state index contributed by atoms with van der Waals surface area (Å²) in [6.45, 7) is 6.17. The molecule has 1 rings (SSSR count). The van der Waals surface area contributed by atoms with Crippen LogP contribution >= 0.6 is 12.4 Å². The molecular weight excluding hydrogens is 229 g/mol. The molecule has 1 heterocycles. The number of hydrogen-bond donors (Lipinski definition) is 1. The zero-order valence-corrected chi connectivity index (χ0v) is 10.8. The lowest BCUT2D eigenvalue weighted by molar-refractivity contribution is 0.416. The van der Waals surface area contributed by atoms with Gasteiger partial charge in [0, 0.05) is 12.7 Å². The van der Waals surface area contributed by atoms with E-state index < -0.39 is 0 Å². The van der Waals surface area contributed by atoms with Crippen LogP contribution in [0.4, 0.5) is 4.39 Å². The number of aromatic nitrogens is 2. The van der Waals surface area contributed by atoms with Gasteiger partial charge in [0.05, 0.1) is 12.2 Å². The fourth-order valence-corrected chi connectivity index (χ4v) is 1.40. The Morgan fingerprint density at radius 2 is 2.25 bits per heavy atom. The maximum Gasteiger partial charge on any atom is 0.109 e. The molecule has 16 heavy (non-hydrogen) atoms. The first-order valence-corrected chi connectivity index (χ1v) is 5.51. The van der Waals surface area contributed by atoms with Gasteiger partial charge in [0.15, 0.2) is 0 Å². The second kappa shape index (κ2) is 8.53. The Hall–Kier alpha value is -0.610. The third-order valence-corrected chi connectivity index (χ3v) is 2.31. The maximum absolute atomic E-state index is 12.1. The molecule has 0 saturated heterocycles. The van der Waals surface area contributed by atoms with E-state index in [9.17, 15) is 4.39 Å². The second-order valence-corrected chi connectivity index (χ2v) is 4.09. The van der Waals surface area contributed by atoms with Crippen molar-refractivity contribution >= 4 is 12.4 Å². The van der Waals surface area contributed by atoms with Gasteiger partial charge in [0.1, 0.15) is 6.67 Å². The quantitative estimate of drug-likeness (QED) is 0.753. The molecule has 0 aliphatic carbocycles. The van der Waals surface area contributed by atoms with Crippen molar-refractivity contribution in [2.45, 2.75) is 33.4 Å². The summed E-state index contributed by atoms with van der Waals surface area (Å²) in [7, 11) is 0. The number of nitrogens with zero attached hydrogens (tertiary/aromatic N) is 2. The summed E-state index contributed by atoms with van der Waals surface area (Å²) in [6, 6.07) is 1.93. The van der Waals surface area contributed by atoms with Gasteiger partial charge >= 0.3 is 0 Å². The largest absolute Gasteiger partial charge is 0.311 e. The summed E-state index contributed by atoms with van der Waals surface area (Å²) < 4.78 is 13.9. The predicted octanol–water partition coefficient (Wildman–Crippen LogP) is 2.41. The van der Waals surface area contributed by atoms with Crippen LogP contribution in [0.3, 0.4) is 0 Å². The average molecular weight is 250 g/mol. The lowest BCUT2D eigenvalue weighted by atomic mass is 10.1. The highest BCUT2D eigenvalue weighted by atomic mass is 35.5. The van der Waals surface area contributed by atoms with E-state index in [1.807, 2.05) is 6.07 Å². The molecule has 0 fully saturated rings. The first-order chi connectivity index (χ1) is 7.24. The molecule has 5 heteroatoms. The Labute approximate surface area is 103 Å². The fraction of sp³-hybridized carbons (Fsp3) is 0.727. The van der Waals surface area contributed by atoms with Crippen LogP contribution in [0.15, 0.2) is 12.3 Å². The van der Waals surface area contributed by atoms with Crippen molar-refractivity contribution in [1.82, 2.24) is 15.1 Å². The Balaban J connectivity index is 0.00000225. The second-order valence-electron chi connectivity index (χ2n) is 4.09. The van der Waals surface area contributed by atoms with Gasteiger partial charge in [0.25, 0.3) is 0 Å². The third kappa shape index (κ3) is 5.47. The van der Waals surface area contributed by atoms with Crippen LogP contribution in [0, 0.1) is 5.92 Å². The molecule has 0 radical (unpaired) electrons. The monoisotopic (exact) mass is 249 g/mol. The summed E-state index contributed by atoms with van der Waals surface area (Å²) in [5.41, 5.74) is 1.05. The zero-order chi connectivity index (χ0) is 11.1. The first kappa shape index (κ1) is 15.4. The van der Waals surface area contributed by atoms with Crippen molar-refractivity contribution in [2.24, 2.45) is 5.92 Å². The fourth-order valence-electron chi connectivity index (χ4n) is 1.40. The minimum atomic E-state index is -0.360. The van der Waals surface area contributed by atoms with E-state index >= 15 is 0 Å². The highest BCUT2D eigenvalue weighted by molar-refractivity contribution is 5.85. The predicted molar refractivity (Wildman–Crippen MR) is 66.6 cm³/mol. The van der Waals surface area contributed by atoms with Gasteiger partial charge in [-0.15, -0.1) is 12.4 Å². The van der Waals surface area contributed by atoms with Crippen LogP contribution < -0.4 is 5.32 Å². The van der Waals surface area contributed by atoms with Crippen molar-refractivity contribution in [3.05, 3.63) is 18.0 Å². The number of aryl methyl sites for hydroxylation is 1. The van der Waals surface area contributed by atoms with Gasteiger partial charge in [0.2, 0.25) is 0 Å². The van der Waals surface area contributed by atoms with Crippen molar-refractivity contribution in [3.63, 3.8) is 0 Å². The van der Waals surface area contributed by atoms with E-state index in [1.54, 1.807) is 10.9 Å². The molecule has 0 bridgehead atoms. The molecule has 1 N–H and O–H groups in total. The van der Waals surface area contributed by atoms with E-state index in [-0.39, 0.29) is 19.1 Å². The Bertz CT molecular complexity index is 276. The van der Waals surface area contributed by atoms with Crippen molar-refractivity contribution in [3.8, 4) is 0 Å². The molecule has 1 aromatic rings. The molecule has 0 aromatic carbocycles. The maximum atomic E-state index is 12.1. The van der Waals surface area contributed by atoms with Gasteiger partial charge in [-0.05, 0) is 24.9 Å². The summed E-state index contributed by atoms with van der Waals surface area (Å²) in [5, 5.41) is 7.39. The van der Waals surface area contributed by atoms with Gasteiger partial charge < -0.3 is 5.32 Å². The van der Waals surface area contributed by atoms with Crippen LogP contribution in [0.25, 0.3) is 0 Å². The molecule has 0 saturated carbocycles. The molecule has 0 spiro atoms. The minimum Gasteiger partial charge on any atom is -0.311 e. The molecule has 0 amide bonds. The first-order valence-electron chi connectivity index (χ1n) is 5.51. The molecule has 0 aliphatic rings. The van der Waals surface area contributed by atoms with Crippen molar-refractivity contribution < 1.29 is 4.39 Å². The van der Waals surface area contributed by atoms with Crippen LogP contribution in [0.2, 0.25) is 0 Å². The van der Waals surface area contributed by atoms with E-state index in [0.717, 1.165) is 25.2 Å². The highest BCUT2D eigenvalue weighted by Crippen LogP contribution is 2.00. The van der Waals surface area contributed by atoms with Gasteiger partial charge in [-0.25, -0.2) is 4.39 Å². The highest BCUT2D eigenvalue weighted by Gasteiger charge is 2.01. The van der Waals surface area contributed by atoms with Gasteiger partial charge in [-0.2, -0.15) is 5.10 Å². The lowest BCUT2D eigenvalue weighted by Gasteiger charge is -2.08. The summed E-state index contributed by atoms with van der Waals surface area (Å²) >= 11 is 0. The summed E-state index contributed by atoms with van der Waals surface area (Å²) in [4.78, 5) is 0. The van der Waals surface area contributed by atoms with Crippen molar-refractivity contribution in [1.29, 1.82) is 0 Å². The Morgan fingerprint density at radius 1 is 1.50 bits per heavy atom. The van der Waals surface area contributed by atoms with Crippen LogP contribution in [-0.2, 0) is 13.1 Å². The molecule has 94 valence electrons. The zero-order valence-electron chi connectivity index (χ0n) is 9.95. The topological polar surface area (TPSA) is 29.9 Å². The standard InChI is InChI=1S/C11H20FN3.ClH/c1-10(2)3-6-13-9-11-4-7-14-15(11)8-5-12;/h4,7,10,13H,3,5-6,8-9H2,1-2H3;1H. The van der Waals surface area contributed by atoms with E-state index in [2.05, 4.69) is 24.3 Å². The van der Waals surface area contributed by atoms with E-state index in [1.165, 1.54) is 0 Å². The molecule has 0 unspecified atom stereocenters. The average Bonchev–Trinajstić information content (AvgIpc) is 2.61. The minimum absolute atomic E-state index is 0. The number of alkyl halides is 1. The molecule has 3 nitrogen and oxygen atoms in total. The van der Waals surface area contributed by atoms with Gasteiger partial charge in [-0.1, -0.05) is 13.8 Å². The molecule has 0 atom stereocenters. The SMILES string of the molecule is CC(C)CCNCc1ccnn1CCF.Cl. The molecule has 1 aromatic heterocycles. The Kier molecular flexibility index (Phi) is 8.21. The van der Waals surface area contributed by atoms with Gasteiger partial charge in [-0.3, -0.25) is 4.68 Å². The van der Waals surface area contributed by atoms with Crippen LogP contribution in [-0.4, -0.2) is 23.0 Å². The number of nitrogens with one attached hydrogen (secondary N) is 1. The number of hydrogen-bond acceptors (Lipinski definition) is 2. The Morgan fingerprint density at radius 3 is 2.88 bits per heavy atom. The molecular formula is C11H21ClFN3. The summed E-state index contributed by atoms with van der Waals surface area (Å²) in [5.74, 6) is 0.716. The van der Waals surface area contributed by atoms with E-state index in [4.69, 9.17) is 0 Å². The van der Waals surface area contributed by atoms with Crippen LogP contribution in [0.1, 0.15) is 26.0 Å². The van der Waals surface area contributed by atoms with Crippen molar-refractivity contribution in [2.75, 3.05) is 13.2 Å². The van der Waals surface area contributed by atoms with Crippen LogP contribution in [0.5, 0.6) is 0 Å². The molecule has 0 aliphatic heterocycles. The number of rotatable bonds is 7. The van der Waals surface area contributed by atoms with E-state index in [0.29, 0.717) is 12.5 Å². The smallest absolute Gasteiger partial charge is 0.109 e. The lowest BCUT2D eigenvalue weighted by Crippen LogP contribution is -2.19. The number of halogens is 2. The summed E-state index contributed by atoms with van der Waals surface area (Å²) in [6.07, 6.45) is 2.88. The third-order valence-electron chi connectivity index (χ3n) is 2.31.